The first-order valence-corrected chi connectivity index (χ1v) is 9.55. The molecule has 5 rings (SSSR count). The van der Waals surface area contributed by atoms with Crippen molar-refractivity contribution < 1.29 is 9.59 Å². The fourth-order valence-corrected chi connectivity index (χ4v) is 3.88. The Morgan fingerprint density at radius 3 is 2.79 bits per heavy atom. The summed E-state index contributed by atoms with van der Waals surface area (Å²) in [4.78, 5) is 27.1. The molecular weight excluding hydrogens is 366 g/mol. The number of rotatable bonds is 4. The summed E-state index contributed by atoms with van der Waals surface area (Å²) in [5, 5.41) is 13.2. The van der Waals surface area contributed by atoms with E-state index >= 15 is 0 Å². The van der Waals surface area contributed by atoms with Crippen molar-refractivity contribution in [3.8, 4) is 0 Å². The van der Waals surface area contributed by atoms with Crippen LogP contribution < -0.4 is 10.2 Å². The molecule has 1 N–H and O–H groups in total. The van der Waals surface area contributed by atoms with Crippen LogP contribution in [0.5, 0.6) is 0 Å². The minimum Gasteiger partial charge on any atom is -0.348 e. The van der Waals surface area contributed by atoms with Gasteiger partial charge in [-0.1, -0.05) is 42.5 Å². The lowest BCUT2D eigenvalue weighted by Gasteiger charge is -2.19. The molecule has 0 unspecified atom stereocenters. The first kappa shape index (κ1) is 17.4. The highest BCUT2D eigenvalue weighted by atomic mass is 16.2. The van der Waals surface area contributed by atoms with Crippen molar-refractivity contribution in [2.75, 3.05) is 11.4 Å². The summed E-state index contributed by atoms with van der Waals surface area (Å²) in [6, 6.07) is 19.5. The van der Waals surface area contributed by atoms with Crippen LogP contribution in [0.4, 0.5) is 5.69 Å². The molecule has 0 bridgehead atoms. The van der Waals surface area contributed by atoms with Crippen LogP contribution in [0.15, 0.2) is 66.9 Å². The Bertz CT molecular complexity index is 1230. The summed E-state index contributed by atoms with van der Waals surface area (Å²) in [6.45, 7) is 0.641. The van der Waals surface area contributed by atoms with Gasteiger partial charge < -0.3 is 10.2 Å². The Hall–Kier alpha value is -3.74. The van der Waals surface area contributed by atoms with Crippen molar-refractivity contribution in [1.82, 2.24) is 19.9 Å². The smallest absolute Gasteiger partial charge is 0.227 e. The summed E-state index contributed by atoms with van der Waals surface area (Å²) < 4.78 is 1.84. The van der Waals surface area contributed by atoms with Crippen molar-refractivity contribution in [1.29, 1.82) is 0 Å². The highest BCUT2D eigenvalue weighted by Crippen LogP contribution is 2.31. The van der Waals surface area contributed by atoms with Gasteiger partial charge in [0, 0.05) is 24.5 Å². The third-order valence-corrected chi connectivity index (χ3v) is 5.36. The number of benzene rings is 2. The van der Waals surface area contributed by atoms with E-state index in [1.165, 1.54) is 0 Å². The molecule has 3 heterocycles. The monoisotopic (exact) mass is 385 g/mol. The van der Waals surface area contributed by atoms with E-state index in [4.69, 9.17) is 0 Å². The zero-order chi connectivity index (χ0) is 19.8. The first-order chi connectivity index (χ1) is 14.2. The maximum Gasteiger partial charge on any atom is 0.227 e. The standard InChI is InChI=1S/C22H19N5O2/c28-21-12-16(14-27(21)18-9-5-7-15-6-1-2-8-17(15)18)22(29)23-13-20-25-24-19-10-3-4-11-26(19)20/h1-11,16H,12-14H2,(H,23,29)/t16-/m1/s1. The van der Waals surface area contributed by atoms with Crippen molar-refractivity contribution in [3.63, 3.8) is 0 Å². The van der Waals surface area contributed by atoms with E-state index in [1.54, 1.807) is 4.90 Å². The number of anilines is 1. The molecule has 2 aromatic heterocycles. The molecule has 0 spiro atoms. The Kier molecular flexibility index (Phi) is 4.20. The number of pyridine rings is 1. The van der Waals surface area contributed by atoms with E-state index in [-0.39, 0.29) is 30.7 Å². The highest BCUT2D eigenvalue weighted by molar-refractivity contribution is 6.06. The van der Waals surface area contributed by atoms with Gasteiger partial charge in [0.25, 0.3) is 0 Å². The molecule has 0 radical (unpaired) electrons. The van der Waals surface area contributed by atoms with Crippen LogP contribution in [0.1, 0.15) is 12.2 Å². The number of carbonyl (C=O) groups excluding carboxylic acids is 2. The summed E-state index contributed by atoms with van der Waals surface area (Å²) in [6.07, 6.45) is 2.06. The molecule has 1 aliphatic heterocycles. The van der Waals surface area contributed by atoms with Crippen LogP contribution in [-0.2, 0) is 16.1 Å². The van der Waals surface area contributed by atoms with Gasteiger partial charge in [-0.2, -0.15) is 0 Å². The molecule has 2 aromatic carbocycles. The number of hydrogen-bond donors (Lipinski definition) is 1. The molecule has 4 aromatic rings. The van der Waals surface area contributed by atoms with Crippen LogP contribution in [0.2, 0.25) is 0 Å². The topological polar surface area (TPSA) is 79.6 Å². The van der Waals surface area contributed by atoms with Gasteiger partial charge in [0.05, 0.1) is 18.2 Å². The number of nitrogens with zero attached hydrogens (tertiary/aromatic N) is 4. The second-order valence-electron chi connectivity index (χ2n) is 7.17. The lowest BCUT2D eigenvalue weighted by molar-refractivity contribution is -0.126. The Morgan fingerprint density at radius 1 is 1.03 bits per heavy atom. The van der Waals surface area contributed by atoms with Crippen LogP contribution in [0, 0.1) is 5.92 Å². The molecule has 1 saturated heterocycles. The van der Waals surface area contributed by atoms with Crippen molar-refractivity contribution in [3.05, 3.63) is 72.7 Å². The van der Waals surface area contributed by atoms with Crippen molar-refractivity contribution in [2.45, 2.75) is 13.0 Å². The van der Waals surface area contributed by atoms with Gasteiger partial charge in [-0.15, -0.1) is 10.2 Å². The third-order valence-electron chi connectivity index (χ3n) is 5.36. The second-order valence-corrected chi connectivity index (χ2v) is 7.17. The van der Waals surface area contributed by atoms with Gasteiger partial charge in [0.15, 0.2) is 11.5 Å². The molecule has 7 heteroatoms. The molecular formula is C22H19N5O2. The average molecular weight is 385 g/mol. The molecule has 144 valence electrons. The molecule has 7 nitrogen and oxygen atoms in total. The predicted octanol–water partition coefficient (Wildman–Crippen LogP) is 2.55. The summed E-state index contributed by atoms with van der Waals surface area (Å²) in [5.74, 6) is 0.0908. The lowest BCUT2D eigenvalue weighted by Crippen LogP contribution is -2.33. The van der Waals surface area contributed by atoms with Gasteiger partial charge in [0.2, 0.25) is 11.8 Å². The second kappa shape index (κ2) is 7.01. The fourth-order valence-electron chi connectivity index (χ4n) is 3.88. The summed E-state index contributed by atoms with van der Waals surface area (Å²) >= 11 is 0. The first-order valence-electron chi connectivity index (χ1n) is 9.55. The molecule has 0 saturated carbocycles. The maximum absolute atomic E-state index is 12.7. The van der Waals surface area contributed by atoms with Crippen LogP contribution in [0.25, 0.3) is 16.4 Å². The van der Waals surface area contributed by atoms with Gasteiger partial charge in [-0.3, -0.25) is 14.0 Å². The number of amides is 2. The Morgan fingerprint density at radius 2 is 1.86 bits per heavy atom. The van der Waals surface area contributed by atoms with E-state index in [0.29, 0.717) is 12.4 Å². The zero-order valence-corrected chi connectivity index (χ0v) is 15.7. The summed E-state index contributed by atoms with van der Waals surface area (Å²) in [7, 11) is 0. The largest absolute Gasteiger partial charge is 0.348 e. The highest BCUT2D eigenvalue weighted by Gasteiger charge is 2.35. The maximum atomic E-state index is 12.7. The van der Waals surface area contributed by atoms with Gasteiger partial charge in [-0.05, 0) is 23.6 Å². The zero-order valence-electron chi connectivity index (χ0n) is 15.7. The number of carbonyl (C=O) groups is 2. The van der Waals surface area contributed by atoms with Crippen LogP contribution >= 0.6 is 0 Å². The average Bonchev–Trinajstić information content (AvgIpc) is 3.35. The van der Waals surface area contributed by atoms with E-state index in [0.717, 1.165) is 22.1 Å². The number of hydrogen-bond acceptors (Lipinski definition) is 4. The summed E-state index contributed by atoms with van der Waals surface area (Å²) in [5.41, 5.74) is 1.58. The quantitative estimate of drug-likeness (QED) is 0.586. The van der Waals surface area contributed by atoms with E-state index in [9.17, 15) is 9.59 Å². The molecule has 1 fully saturated rings. The van der Waals surface area contributed by atoms with Crippen molar-refractivity contribution >= 4 is 33.9 Å². The van der Waals surface area contributed by atoms with E-state index < -0.39 is 0 Å². The third kappa shape index (κ3) is 3.10. The van der Waals surface area contributed by atoms with Gasteiger partial charge in [0.1, 0.15) is 0 Å². The lowest BCUT2D eigenvalue weighted by atomic mass is 10.1. The van der Waals surface area contributed by atoms with Crippen LogP contribution in [0.3, 0.4) is 0 Å². The predicted molar refractivity (Wildman–Crippen MR) is 109 cm³/mol. The number of fused-ring (bicyclic) bond motifs is 2. The minimum atomic E-state index is -0.388. The molecule has 2 amide bonds. The fraction of sp³-hybridized carbons (Fsp3) is 0.182. The number of aromatic nitrogens is 3. The molecule has 1 atom stereocenters. The van der Waals surface area contributed by atoms with Gasteiger partial charge in [-0.25, -0.2) is 0 Å². The minimum absolute atomic E-state index is 0.0329. The molecule has 1 aliphatic rings. The molecule has 29 heavy (non-hydrogen) atoms. The SMILES string of the molecule is O=C(NCc1nnc2ccccn12)[C@@H]1CC(=O)N(c2cccc3ccccc23)C1. The number of nitrogens with one attached hydrogen (secondary N) is 1. The molecule has 0 aliphatic carbocycles. The Labute approximate surface area is 167 Å². The normalized spacial score (nSPS) is 16.6. The van der Waals surface area contributed by atoms with Crippen molar-refractivity contribution in [2.24, 2.45) is 5.92 Å². The Balaban J connectivity index is 1.31. The van der Waals surface area contributed by atoms with Crippen LogP contribution in [-0.4, -0.2) is 33.0 Å². The van der Waals surface area contributed by atoms with E-state index in [2.05, 4.69) is 15.5 Å². The van der Waals surface area contributed by atoms with E-state index in [1.807, 2.05) is 71.3 Å². The van der Waals surface area contributed by atoms with Gasteiger partial charge >= 0.3 is 0 Å².